The molecule has 0 aliphatic carbocycles. The summed E-state index contributed by atoms with van der Waals surface area (Å²) in [5.74, 6) is -0.762. The van der Waals surface area contributed by atoms with Crippen LogP contribution in [0.4, 0.5) is 0 Å². The molecule has 0 aromatic heterocycles. The Bertz CT molecular complexity index is 264. The summed E-state index contributed by atoms with van der Waals surface area (Å²) < 4.78 is 15.0. The van der Waals surface area contributed by atoms with E-state index in [1.807, 2.05) is 13.8 Å². The highest BCUT2D eigenvalue weighted by atomic mass is 16.7. The Kier molecular flexibility index (Phi) is 9.09. The fourth-order valence-electron chi connectivity index (χ4n) is 1.08. The van der Waals surface area contributed by atoms with E-state index >= 15 is 0 Å². The first-order valence-corrected chi connectivity index (χ1v) is 5.52. The molecule has 0 aromatic carbocycles. The molecule has 0 radical (unpaired) electrons. The van der Waals surface area contributed by atoms with Crippen LogP contribution < -0.4 is 0 Å². The van der Waals surface area contributed by atoms with Crippen LogP contribution in [0.15, 0.2) is 24.0 Å². The number of allylic oxidation sites excluding steroid dienone is 1. The van der Waals surface area contributed by atoms with Crippen molar-refractivity contribution in [1.82, 2.24) is 0 Å². The van der Waals surface area contributed by atoms with Gasteiger partial charge in [0.15, 0.2) is 6.29 Å². The molecule has 0 aliphatic heterocycles. The highest BCUT2D eigenvalue weighted by molar-refractivity contribution is 5.82. The lowest BCUT2D eigenvalue weighted by Gasteiger charge is -2.14. The Morgan fingerprint density at radius 3 is 2.35 bits per heavy atom. The van der Waals surface area contributed by atoms with Crippen molar-refractivity contribution >= 4 is 5.97 Å². The van der Waals surface area contributed by atoms with Gasteiger partial charge in [-0.3, -0.25) is 0 Å². The standard InChI is InChI=1S/C12H20O5/c1-4-16-12(17-5-2)8-6-7-10(13)9-11(14)15-3/h6-7,9,12-13H,4-5,8H2,1-3H3/b7-6+,10-9-. The van der Waals surface area contributed by atoms with Gasteiger partial charge in [0.05, 0.1) is 13.2 Å². The van der Waals surface area contributed by atoms with Gasteiger partial charge in [0.1, 0.15) is 5.76 Å². The Hall–Kier alpha value is -1.33. The summed E-state index contributed by atoms with van der Waals surface area (Å²) in [7, 11) is 1.25. The number of aliphatic hydroxyl groups excluding tert-OH is 1. The Labute approximate surface area is 102 Å². The van der Waals surface area contributed by atoms with Crippen molar-refractivity contribution in [2.45, 2.75) is 26.6 Å². The zero-order chi connectivity index (χ0) is 13.1. The number of aliphatic hydroxyl groups is 1. The van der Waals surface area contributed by atoms with E-state index < -0.39 is 5.97 Å². The number of methoxy groups -OCH3 is 1. The molecule has 0 aromatic rings. The minimum atomic E-state index is -0.599. The average Bonchev–Trinajstić information content (AvgIpc) is 2.29. The second-order valence-corrected chi connectivity index (χ2v) is 3.07. The van der Waals surface area contributed by atoms with Gasteiger partial charge in [0.2, 0.25) is 0 Å². The van der Waals surface area contributed by atoms with E-state index in [1.165, 1.54) is 13.2 Å². The Balaban J connectivity index is 4.13. The van der Waals surface area contributed by atoms with Crippen LogP contribution in [0.3, 0.4) is 0 Å². The van der Waals surface area contributed by atoms with Gasteiger partial charge in [-0.1, -0.05) is 6.08 Å². The number of hydrogen-bond donors (Lipinski definition) is 1. The highest BCUT2D eigenvalue weighted by Gasteiger charge is 2.04. The molecule has 0 unspecified atom stereocenters. The zero-order valence-corrected chi connectivity index (χ0v) is 10.5. The first-order chi connectivity index (χ1) is 8.13. The van der Waals surface area contributed by atoms with Crippen LogP contribution >= 0.6 is 0 Å². The van der Waals surface area contributed by atoms with Gasteiger partial charge in [-0.2, -0.15) is 0 Å². The van der Waals surface area contributed by atoms with Crippen molar-refractivity contribution in [3.8, 4) is 0 Å². The van der Waals surface area contributed by atoms with Crippen LogP contribution in [-0.2, 0) is 19.0 Å². The summed E-state index contributed by atoms with van der Waals surface area (Å²) in [5, 5.41) is 9.32. The molecule has 0 saturated heterocycles. The van der Waals surface area contributed by atoms with Crippen molar-refractivity contribution in [1.29, 1.82) is 0 Å². The second-order valence-electron chi connectivity index (χ2n) is 3.07. The number of hydrogen-bond acceptors (Lipinski definition) is 5. The summed E-state index contributed by atoms with van der Waals surface area (Å²) in [4.78, 5) is 10.8. The van der Waals surface area contributed by atoms with Gasteiger partial charge in [0, 0.05) is 19.6 Å². The Morgan fingerprint density at radius 2 is 1.88 bits per heavy atom. The first-order valence-electron chi connectivity index (χ1n) is 5.52. The van der Waals surface area contributed by atoms with E-state index in [4.69, 9.17) is 9.47 Å². The molecule has 17 heavy (non-hydrogen) atoms. The van der Waals surface area contributed by atoms with Crippen LogP contribution in [0, 0.1) is 0 Å². The molecule has 0 aliphatic rings. The van der Waals surface area contributed by atoms with E-state index in [1.54, 1.807) is 6.08 Å². The van der Waals surface area contributed by atoms with Crippen molar-refractivity contribution < 1.29 is 24.1 Å². The third-order valence-electron chi connectivity index (χ3n) is 1.79. The molecule has 0 spiro atoms. The van der Waals surface area contributed by atoms with Crippen LogP contribution in [0.25, 0.3) is 0 Å². The van der Waals surface area contributed by atoms with E-state index in [-0.39, 0.29) is 12.0 Å². The zero-order valence-electron chi connectivity index (χ0n) is 10.5. The number of carbonyl (C=O) groups is 1. The quantitative estimate of drug-likeness (QED) is 0.232. The van der Waals surface area contributed by atoms with E-state index in [0.717, 1.165) is 6.08 Å². The lowest BCUT2D eigenvalue weighted by atomic mass is 10.3. The highest BCUT2D eigenvalue weighted by Crippen LogP contribution is 2.03. The summed E-state index contributed by atoms with van der Waals surface area (Å²) in [6, 6.07) is 0. The van der Waals surface area contributed by atoms with Gasteiger partial charge < -0.3 is 19.3 Å². The van der Waals surface area contributed by atoms with Crippen LogP contribution in [0.2, 0.25) is 0 Å². The lowest BCUT2D eigenvalue weighted by molar-refractivity contribution is -0.135. The molecule has 1 N–H and O–H groups in total. The molecule has 5 heteroatoms. The number of ether oxygens (including phenoxy) is 3. The summed E-state index contributed by atoms with van der Waals surface area (Å²) >= 11 is 0. The molecule has 0 bridgehead atoms. The van der Waals surface area contributed by atoms with E-state index in [2.05, 4.69) is 4.74 Å². The third-order valence-corrected chi connectivity index (χ3v) is 1.79. The van der Waals surface area contributed by atoms with Crippen molar-refractivity contribution in [2.24, 2.45) is 0 Å². The fraction of sp³-hybridized carbons (Fsp3) is 0.583. The fourth-order valence-corrected chi connectivity index (χ4v) is 1.08. The molecule has 5 nitrogen and oxygen atoms in total. The summed E-state index contributed by atoms with van der Waals surface area (Å²) in [6.45, 7) is 4.87. The molecule has 0 amide bonds. The topological polar surface area (TPSA) is 65.0 Å². The van der Waals surface area contributed by atoms with Gasteiger partial charge in [-0.05, 0) is 19.9 Å². The first kappa shape index (κ1) is 15.7. The maximum atomic E-state index is 10.8. The predicted octanol–water partition coefficient (Wildman–Crippen LogP) is 1.95. The van der Waals surface area contributed by atoms with Crippen molar-refractivity contribution in [3.63, 3.8) is 0 Å². The molecule has 0 atom stereocenters. The SMILES string of the molecule is CCOC(C/C=C/C(O)=C/C(=O)OC)OCC. The largest absolute Gasteiger partial charge is 0.508 e. The number of esters is 1. The lowest BCUT2D eigenvalue weighted by Crippen LogP contribution is -2.16. The second kappa shape index (κ2) is 9.86. The van der Waals surface area contributed by atoms with Gasteiger partial charge in [-0.25, -0.2) is 4.79 Å². The third kappa shape index (κ3) is 8.47. The maximum Gasteiger partial charge on any atom is 0.334 e. The predicted molar refractivity (Wildman–Crippen MR) is 63.5 cm³/mol. The Morgan fingerprint density at radius 1 is 1.29 bits per heavy atom. The van der Waals surface area contributed by atoms with Crippen LogP contribution in [0.1, 0.15) is 20.3 Å². The molecule has 0 saturated carbocycles. The molecular weight excluding hydrogens is 224 g/mol. The van der Waals surface area contributed by atoms with Crippen LogP contribution in [0.5, 0.6) is 0 Å². The summed E-state index contributed by atoms with van der Waals surface area (Å²) in [5.41, 5.74) is 0. The smallest absolute Gasteiger partial charge is 0.334 e. The minimum absolute atomic E-state index is 0.163. The monoisotopic (exact) mass is 244 g/mol. The van der Waals surface area contributed by atoms with Gasteiger partial charge in [0.25, 0.3) is 0 Å². The summed E-state index contributed by atoms with van der Waals surface area (Å²) in [6.07, 6.45) is 4.24. The van der Waals surface area contributed by atoms with Crippen LogP contribution in [-0.4, -0.2) is 37.7 Å². The van der Waals surface area contributed by atoms with E-state index in [9.17, 15) is 9.90 Å². The van der Waals surface area contributed by atoms with Gasteiger partial charge in [-0.15, -0.1) is 0 Å². The number of carbonyl (C=O) groups excluding carboxylic acids is 1. The normalized spacial score (nSPS) is 12.4. The molecular formula is C12H20O5. The average molecular weight is 244 g/mol. The molecule has 0 fully saturated rings. The number of rotatable bonds is 8. The van der Waals surface area contributed by atoms with E-state index in [0.29, 0.717) is 19.6 Å². The molecule has 0 rings (SSSR count). The maximum absolute atomic E-state index is 10.8. The molecule has 98 valence electrons. The minimum Gasteiger partial charge on any atom is -0.508 e. The van der Waals surface area contributed by atoms with Crippen molar-refractivity contribution in [3.05, 3.63) is 24.0 Å². The molecule has 0 heterocycles. The van der Waals surface area contributed by atoms with Gasteiger partial charge >= 0.3 is 5.97 Å². The van der Waals surface area contributed by atoms with Crippen molar-refractivity contribution in [2.75, 3.05) is 20.3 Å².